The molecule has 0 aliphatic rings. The number of amides is 1. The van der Waals surface area contributed by atoms with Crippen LogP contribution in [-0.2, 0) is 11.4 Å². The van der Waals surface area contributed by atoms with E-state index < -0.39 is 17.9 Å². The van der Waals surface area contributed by atoms with Crippen LogP contribution in [0.25, 0.3) is 0 Å². The van der Waals surface area contributed by atoms with Gasteiger partial charge in [-0.3, -0.25) is 9.78 Å². The number of nitrogens with zero attached hydrogens (tertiary/aromatic N) is 1. The van der Waals surface area contributed by atoms with Gasteiger partial charge in [0.15, 0.2) is 11.5 Å². The molecule has 0 spiro atoms. The van der Waals surface area contributed by atoms with Crippen LogP contribution < -0.4 is 14.8 Å². The molecule has 0 aliphatic carbocycles. The van der Waals surface area contributed by atoms with Gasteiger partial charge in [0.1, 0.15) is 12.6 Å². The van der Waals surface area contributed by atoms with E-state index >= 15 is 0 Å². The fourth-order valence-electron chi connectivity index (χ4n) is 2.59. The Morgan fingerprint density at radius 2 is 1.96 bits per heavy atom. The van der Waals surface area contributed by atoms with Crippen molar-refractivity contribution in [2.24, 2.45) is 5.92 Å². The van der Waals surface area contributed by atoms with Crippen molar-refractivity contribution in [1.82, 2.24) is 10.3 Å². The minimum atomic E-state index is -1.05. The lowest BCUT2D eigenvalue weighted by Crippen LogP contribution is -2.45. The average Bonchev–Trinajstić information content (AvgIpc) is 2.71. The van der Waals surface area contributed by atoms with Gasteiger partial charge in [-0.05, 0) is 37.1 Å². The Hall–Kier alpha value is -3.09. The number of aliphatic carboxylic acids is 1. The number of rotatable bonds is 10. The highest BCUT2D eigenvalue weighted by atomic mass is 16.5. The maximum absolute atomic E-state index is 12.5. The number of hydrogen-bond acceptors (Lipinski definition) is 5. The van der Waals surface area contributed by atoms with E-state index in [0.717, 1.165) is 5.56 Å². The van der Waals surface area contributed by atoms with Gasteiger partial charge in [0.05, 0.1) is 6.61 Å². The number of ether oxygens (including phenoxy) is 2. The minimum absolute atomic E-state index is 0.185. The zero-order valence-corrected chi connectivity index (χ0v) is 16.3. The molecule has 0 saturated carbocycles. The zero-order valence-electron chi connectivity index (χ0n) is 16.3. The highest BCUT2D eigenvalue weighted by Gasteiger charge is 2.26. The van der Waals surface area contributed by atoms with Crippen LogP contribution in [0.4, 0.5) is 0 Å². The normalized spacial score (nSPS) is 12.7. The molecule has 1 amide bonds. The first-order chi connectivity index (χ1) is 13.5. The Morgan fingerprint density at radius 1 is 1.18 bits per heavy atom. The summed E-state index contributed by atoms with van der Waals surface area (Å²) in [5, 5.41) is 12.0. The number of carboxylic acid groups (broad SMARTS) is 1. The van der Waals surface area contributed by atoms with Crippen molar-refractivity contribution >= 4 is 11.9 Å². The fraction of sp³-hybridized carbons (Fsp3) is 0.381. The Morgan fingerprint density at radius 3 is 2.57 bits per heavy atom. The molecule has 0 aliphatic heterocycles. The molecule has 2 aromatic rings. The van der Waals surface area contributed by atoms with E-state index in [9.17, 15) is 14.7 Å². The van der Waals surface area contributed by atoms with E-state index in [0.29, 0.717) is 36.7 Å². The first kappa shape index (κ1) is 21.2. The molecule has 2 N–H and O–H groups in total. The smallest absolute Gasteiger partial charge is 0.326 e. The van der Waals surface area contributed by atoms with Crippen LogP contribution in [0.3, 0.4) is 0 Å². The fourth-order valence-corrected chi connectivity index (χ4v) is 2.59. The lowest BCUT2D eigenvalue weighted by Gasteiger charge is -2.20. The van der Waals surface area contributed by atoms with Crippen molar-refractivity contribution in [3.05, 3.63) is 53.9 Å². The topological polar surface area (TPSA) is 97.8 Å². The van der Waals surface area contributed by atoms with Gasteiger partial charge in [-0.15, -0.1) is 0 Å². The van der Waals surface area contributed by atoms with Gasteiger partial charge in [0.25, 0.3) is 5.91 Å². The van der Waals surface area contributed by atoms with Crippen LogP contribution in [-0.4, -0.2) is 34.6 Å². The summed E-state index contributed by atoms with van der Waals surface area (Å²) in [7, 11) is 0. The highest BCUT2D eigenvalue weighted by molar-refractivity contribution is 5.97. The maximum atomic E-state index is 12.5. The molecular weight excluding hydrogens is 360 g/mol. The van der Waals surface area contributed by atoms with Crippen LogP contribution in [0.5, 0.6) is 11.5 Å². The predicted molar refractivity (Wildman–Crippen MR) is 105 cm³/mol. The summed E-state index contributed by atoms with van der Waals surface area (Å²) in [4.78, 5) is 28.0. The third-order valence-electron chi connectivity index (χ3n) is 4.39. The van der Waals surface area contributed by atoms with Crippen LogP contribution >= 0.6 is 0 Å². The Bertz CT molecular complexity index is 795. The summed E-state index contributed by atoms with van der Waals surface area (Å²) in [6, 6.07) is 7.57. The van der Waals surface area contributed by atoms with Gasteiger partial charge in [0.2, 0.25) is 0 Å². The first-order valence-corrected chi connectivity index (χ1v) is 9.28. The summed E-state index contributed by atoms with van der Waals surface area (Å²) < 4.78 is 11.4. The second-order valence-corrected chi connectivity index (χ2v) is 6.42. The third-order valence-corrected chi connectivity index (χ3v) is 4.39. The van der Waals surface area contributed by atoms with E-state index in [1.54, 1.807) is 37.5 Å². The van der Waals surface area contributed by atoms with E-state index in [4.69, 9.17) is 9.47 Å². The van der Waals surface area contributed by atoms with E-state index in [-0.39, 0.29) is 5.92 Å². The Kier molecular flexibility index (Phi) is 7.80. The monoisotopic (exact) mass is 386 g/mol. The summed E-state index contributed by atoms with van der Waals surface area (Å²) in [5.74, 6) is -0.778. The highest BCUT2D eigenvalue weighted by Crippen LogP contribution is 2.29. The maximum Gasteiger partial charge on any atom is 0.326 e. The molecule has 28 heavy (non-hydrogen) atoms. The van der Waals surface area contributed by atoms with Crippen molar-refractivity contribution in [3.8, 4) is 11.5 Å². The largest absolute Gasteiger partial charge is 0.490 e. The lowest BCUT2D eigenvalue weighted by atomic mass is 9.99. The van der Waals surface area contributed by atoms with Crippen molar-refractivity contribution in [2.45, 2.75) is 39.8 Å². The SMILES string of the molecule is CCOc1cc(C(=O)NC(C(=O)O)C(C)CC)ccc1OCc1cccnc1. The number of aromatic nitrogens is 1. The summed E-state index contributed by atoms with van der Waals surface area (Å²) in [6.45, 7) is 6.23. The summed E-state index contributed by atoms with van der Waals surface area (Å²) >= 11 is 0. The van der Waals surface area contributed by atoms with Gasteiger partial charge in [0, 0.05) is 23.5 Å². The van der Waals surface area contributed by atoms with Crippen LogP contribution in [0.15, 0.2) is 42.7 Å². The second-order valence-electron chi connectivity index (χ2n) is 6.42. The summed E-state index contributed by atoms with van der Waals surface area (Å²) in [6.07, 6.45) is 4.04. The number of carboxylic acids is 1. The molecule has 2 unspecified atom stereocenters. The number of pyridine rings is 1. The number of nitrogens with one attached hydrogen (secondary N) is 1. The molecule has 1 aromatic heterocycles. The van der Waals surface area contributed by atoms with Crippen LogP contribution in [0.1, 0.15) is 43.1 Å². The van der Waals surface area contributed by atoms with Gasteiger partial charge < -0.3 is 19.9 Å². The Labute approximate surface area is 164 Å². The number of hydrogen-bond donors (Lipinski definition) is 2. The molecule has 150 valence electrons. The van der Waals surface area contributed by atoms with Crippen molar-refractivity contribution in [3.63, 3.8) is 0 Å². The molecule has 7 heteroatoms. The van der Waals surface area contributed by atoms with Crippen LogP contribution in [0.2, 0.25) is 0 Å². The van der Waals surface area contributed by atoms with E-state index in [2.05, 4.69) is 10.3 Å². The number of carbonyl (C=O) groups excluding carboxylic acids is 1. The van der Waals surface area contributed by atoms with Crippen molar-refractivity contribution in [1.29, 1.82) is 0 Å². The van der Waals surface area contributed by atoms with E-state index in [1.165, 1.54) is 0 Å². The van der Waals surface area contributed by atoms with Crippen molar-refractivity contribution in [2.75, 3.05) is 6.61 Å². The number of benzene rings is 1. The van der Waals surface area contributed by atoms with Gasteiger partial charge in [-0.25, -0.2) is 4.79 Å². The lowest BCUT2D eigenvalue weighted by molar-refractivity contribution is -0.140. The minimum Gasteiger partial charge on any atom is -0.490 e. The first-order valence-electron chi connectivity index (χ1n) is 9.28. The van der Waals surface area contributed by atoms with Crippen molar-refractivity contribution < 1.29 is 24.2 Å². The molecule has 7 nitrogen and oxygen atoms in total. The molecule has 2 atom stereocenters. The summed E-state index contributed by atoms with van der Waals surface area (Å²) in [5.41, 5.74) is 1.22. The third kappa shape index (κ3) is 5.70. The molecule has 0 bridgehead atoms. The molecule has 0 radical (unpaired) electrons. The molecule has 1 heterocycles. The molecular formula is C21H26N2O5. The Balaban J connectivity index is 2.15. The zero-order chi connectivity index (χ0) is 20.5. The molecule has 2 rings (SSSR count). The molecule has 0 fully saturated rings. The van der Waals surface area contributed by atoms with E-state index in [1.807, 2.05) is 26.0 Å². The standard InChI is InChI=1S/C21H26N2O5/c1-4-14(3)19(21(25)26)23-20(24)16-8-9-17(18(11-16)27-5-2)28-13-15-7-6-10-22-12-15/h6-12,14,19H,4-5,13H2,1-3H3,(H,23,24)(H,25,26). The van der Waals surface area contributed by atoms with Gasteiger partial charge in [-0.1, -0.05) is 26.3 Å². The quantitative estimate of drug-likeness (QED) is 0.650. The van der Waals surface area contributed by atoms with Crippen LogP contribution in [0, 0.1) is 5.92 Å². The van der Waals surface area contributed by atoms with Gasteiger partial charge in [-0.2, -0.15) is 0 Å². The predicted octanol–water partition coefficient (Wildman–Crippen LogP) is 3.29. The second kappa shape index (κ2) is 10.3. The average molecular weight is 386 g/mol. The van der Waals surface area contributed by atoms with Gasteiger partial charge >= 0.3 is 5.97 Å². The number of carbonyl (C=O) groups is 2. The molecule has 1 aromatic carbocycles. The molecule has 0 saturated heterocycles.